The Labute approximate surface area is 139 Å². The summed E-state index contributed by atoms with van der Waals surface area (Å²) in [6.45, 7) is 0.539. The summed E-state index contributed by atoms with van der Waals surface area (Å²) in [6.07, 6.45) is 10.5. The van der Waals surface area contributed by atoms with Gasteiger partial charge in [0, 0.05) is 4.47 Å². The van der Waals surface area contributed by atoms with Crippen molar-refractivity contribution < 1.29 is 4.74 Å². The molecule has 0 unspecified atom stereocenters. The van der Waals surface area contributed by atoms with Gasteiger partial charge in [0.2, 0.25) is 0 Å². The molecule has 2 aromatic rings. The lowest BCUT2D eigenvalue weighted by Crippen LogP contribution is -2.09. The molecule has 110 valence electrons. The lowest BCUT2D eigenvalue weighted by Gasteiger charge is -2.22. The van der Waals surface area contributed by atoms with Crippen molar-refractivity contribution in [2.75, 3.05) is 6.61 Å². The minimum absolute atomic E-state index is 0.539. The average molecular weight is 352 g/mol. The van der Waals surface area contributed by atoms with Crippen LogP contribution in [0.3, 0.4) is 0 Å². The highest BCUT2D eigenvalue weighted by molar-refractivity contribution is 9.10. The third-order valence-electron chi connectivity index (χ3n) is 3.38. The largest absolute Gasteiger partial charge is 0.498 e. The topological polar surface area (TPSA) is 9.23 Å². The maximum atomic E-state index is 5.94. The Bertz CT molecular complexity index is 682. The normalized spacial score (nSPS) is 12.5. The SMILES string of the molecule is Brc1ccc(OC[C-](C=C2C=CC=C2)c2ccccc2)cc1. The molecule has 3 rings (SSSR count). The van der Waals surface area contributed by atoms with Gasteiger partial charge in [0.1, 0.15) is 5.75 Å². The van der Waals surface area contributed by atoms with Crippen LogP contribution in [-0.2, 0) is 0 Å². The van der Waals surface area contributed by atoms with Crippen molar-refractivity contribution in [1.29, 1.82) is 0 Å². The smallest absolute Gasteiger partial charge is 0.118 e. The van der Waals surface area contributed by atoms with Crippen LogP contribution in [0.25, 0.3) is 0 Å². The fraction of sp³-hybridized carbons (Fsp3) is 0.0500. The number of hydrogen-bond acceptors (Lipinski definition) is 1. The van der Waals surface area contributed by atoms with E-state index in [1.54, 1.807) is 0 Å². The summed E-state index contributed by atoms with van der Waals surface area (Å²) in [7, 11) is 0. The highest BCUT2D eigenvalue weighted by Gasteiger charge is 2.04. The first-order chi connectivity index (χ1) is 10.8. The van der Waals surface area contributed by atoms with E-state index in [0.717, 1.165) is 16.1 Å². The average Bonchev–Trinajstić information content (AvgIpc) is 3.07. The predicted molar refractivity (Wildman–Crippen MR) is 94.8 cm³/mol. The second-order valence-corrected chi connectivity index (χ2v) is 5.91. The molecule has 0 aromatic heterocycles. The third kappa shape index (κ3) is 3.92. The first-order valence-corrected chi connectivity index (χ1v) is 7.97. The Morgan fingerprint density at radius 3 is 2.27 bits per heavy atom. The first-order valence-electron chi connectivity index (χ1n) is 7.17. The van der Waals surface area contributed by atoms with Gasteiger partial charge in [-0.05, 0) is 24.3 Å². The van der Waals surface area contributed by atoms with Crippen LogP contribution in [0.15, 0.2) is 95.0 Å². The molecule has 0 aliphatic heterocycles. The van der Waals surface area contributed by atoms with Gasteiger partial charge < -0.3 is 4.74 Å². The van der Waals surface area contributed by atoms with Crippen molar-refractivity contribution in [3.63, 3.8) is 0 Å². The minimum atomic E-state index is 0.539. The van der Waals surface area contributed by atoms with Gasteiger partial charge in [0.05, 0.1) is 6.61 Å². The molecule has 0 heterocycles. The summed E-state index contributed by atoms with van der Waals surface area (Å²) in [6, 6.07) is 18.3. The van der Waals surface area contributed by atoms with Crippen LogP contribution in [0, 0.1) is 5.92 Å². The monoisotopic (exact) mass is 351 g/mol. The molecule has 1 aliphatic rings. The zero-order chi connectivity index (χ0) is 15.2. The van der Waals surface area contributed by atoms with Crippen molar-refractivity contribution in [2.45, 2.75) is 0 Å². The van der Waals surface area contributed by atoms with Crippen molar-refractivity contribution >= 4 is 15.9 Å². The van der Waals surface area contributed by atoms with E-state index in [2.05, 4.69) is 46.3 Å². The van der Waals surface area contributed by atoms with Gasteiger partial charge >= 0.3 is 0 Å². The summed E-state index contributed by atoms with van der Waals surface area (Å²) in [5.74, 6) is 2.03. The van der Waals surface area contributed by atoms with Crippen LogP contribution in [0.1, 0.15) is 5.56 Å². The molecule has 0 fully saturated rings. The summed E-state index contributed by atoms with van der Waals surface area (Å²) in [5.41, 5.74) is 2.37. The highest BCUT2D eigenvalue weighted by Crippen LogP contribution is 2.23. The van der Waals surface area contributed by atoms with Gasteiger partial charge in [0.25, 0.3) is 0 Å². The van der Waals surface area contributed by atoms with E-state index >= 15 is 0 Å². The van der Waals surface area contributed by atoms with Gasteiger partial charge in [-0.15, -0.1) is 35.9 Å². The van der Waals surface area contributed by atoms with E-state index in [1.165, 1.54) is 11.1 Å². The maximum absolute atomic E-state index is 5.94. The molecule has 22 heavy (non-hydrogen) atoms. The highest BCUT2D eigenvalue weighted by atomic mass is 79.9. The Hall–Kier alpha value is -2.19. The Morgan fingerprint density at radius 2 is 1.59 bits per heavy atom. The maximum Gasteiger partial charge on any atom is 0.118 e. The Balaban J connectivity index is 1.76. The quantitative estimate of drug-likeness (QED) is 0.646. The lowest BCUT2D eigenvalue weighted by atomic mass is 9.97. The first kappa shape index (κ1) is 14.7. The van der Waals surface area contributed by atoms with Crippen molar-refractivity contribution in [2.24, 2.45) is 0 Å². The van der Waals surface area contributed by atoms with Crippen molar-refractivity contribution in [1.82, 2.24) is 0 Å². The summed E-state index contributed by atoms with van der Waals surface area (Å²) in [5, 5.41) is 0. The second-order valence-electron chi connectivity index (χ2n) is 5.00. The molecule has 0 radical (unpaired) electrons. The molecule has 0 saturated heterocycles. The molecule has 2 heteroatoms. The van der Waals surface area contributed by atoms with Gasteiger partial charge in [0.15, 0.2) is 0 Å². The van der Waals surface area contributed by atoms with E-state index in [1.807, 2.05) is 54.6 Å². The molecule has 0 amide bonds. The molecule has 0 atom stereocenters. The van der Waals surface area contributed by atoms with Crippen LogP contribution in [0.5, 0.6) is 5.75 Å². The zero-order valence-electron chi connectivity index (χ0n) is 12.1. The summed E-state index contributed by atoms with van der Waals surface area (Å²) >= 11 is 3.44. The molecule has 1 aliphatic carbocycles. The number of halogens is 1. The van der Waals surface area contributed by atoms with Crippen LogP contribution in [0.4, 0.5) is 0 Å². The standard InChI is InChI=1S/C20H16BrO/c21-19-10-12-20(13-11-19)22-15-18(14-16-6-4-5-7-16)17-8-2-1-3-9-17/h1-14H,15H2/q-1. The second kappa shape index (κ2) is 7.19. The molecule has 0 N–H and O–H groups in total. The van der Waals surface area contributed by atoms with Crippen LogP contribution in [-0.4, -0.2) is 6.61 Å². The van der Waals surface area contributed by atoms with Crippen LogP contribution >= 0.6 is 15.9 Å². The Morgan fingerprint density at radius 1 is 0.909 bits per heavy atom. The van der Waals surface area contributed by atoms with E-state index < -0.39 is 0 Å². The molecule has 1 nitrogen and oxygen atoms in total. The van der Waals surface area contributed by atoms with Gasteiger partial charge in [-0.2, -0.15) is 0 Å². The fourth-order valence-corrected chi connectivity index (χ4v) is 2.50. The number of benzene rings is 2. The third-order valence-corrected chi connectivity index (χ3v) is 3.91. The number of allylic oxidation sites excluding steroid dienone is 5. The molecule has 0 spiro atoms. The van der Waals surface area contributed by atoms with Crippen LogP contribution < -0.4 is 4.74 Å². The fourth-order valence-electron chi connectivity index (χ4n) is 2.24. The Kier molecular flexibility index (Phi) is 4.81. The molecular formula is C20H16BrO-. The summed E-state index contributed by atoms with van der Waals surface area (Å²) < 4.78 is 6.99. The van der Waals surface area contributed by atoms with Gasteiger partial charge in [-0.25, -0.2) is 0 Å². The van der Waals surface area contributed by atoms with E-state index in [-0.39, 0.29) is 0 Å². The van der Waals surface area contributed by atoms with Crippen molar-refractivity contribution in [3.05, 3.63) is 107 Å². The summed E-state index contributed by atoms with van der Waals surface area (Å²) in [4.78, 5) is 0. The van der Waals surface area contributed by atoms with Gasteiger partial charge in [-0.1, -0.05) is 57.8 Å². The number of ether oxygens (including phenoxy) is 1. The van der Waals surface area contributed by atoms with Crippen molar-refractivity contribution in [3.8, 4) is 5.75 Å². The number of rotatable bonds is 5. The van der Waals surface area contributed by atoms with E-state index in [4.69, 9.17) is 4.74 Å². The van der Waals surface area contributed by atoms with E-state index in [0.29, 0.717) is 6.61 Å². The van der Waals surface area contributed by atoms with Crippen LogP contribution in [0.2, 0.25) is 0 Å². The predicted octanol–water partition coefficient (Wildman–Crippen LogP) is 5.50. The molecule has 0 saturated carbocycles. The van der Waals surface area contributed by atoms with Gasteiger partial charge in [-0.3, -0.25) is 0 Å². The molecular weight excluding hydrogens is 336 g/mol. The number of hydrogen-bond donors (Lipinski definition) is 0. The minimum Gasteiger partial charge on any atom is -0.498 e. The molecule has 2 aromatic carbocycles. The zero-order valence-corrected chi connectivity index (χ0v) is 13.7. The lowest BCUT2D eigenvalue weighted by molar-refractivity contribution is 0.341. The van der Waals surface area contributed by atoms with E-state index in [9.17, 15) is 0 Å². The molecule has 0 bridgehead atoms.